The number of amides is 3. The van der Waals surface area contributed by atoms with Gasteiger partial charge in [0, 0.05) is 5.69 Å². The summed E-state index contributed by atoms with van der Waals surface area (Å²) in [5.74, 6) is 0.382. The van der Waals surface area contributed by atoms with Crippen LogP contribution in [0.3, 0.4) is 0 Å². The van der Waals surface area contributed by atoms with E-state index in [0.29, 0.717) is 46.6 Å². The molecule has 1 aliphatic heterocycles. The minimum absolute atomic E-state index is 0.0781. The molecule has 5 aliphatic rings. The van der Waals surface area contributed by atoms with E-state index in [2.05, 4.69) is 5.32 Å². The Hall–Kier alpha value is -3.83. The molecule has 0 unspecified atom stereocenters. The van der Waals surface area contributed by atoms with Gasteiger partial charge in [0.25, 0.3) is 11.1 Å². The molecule has 45 heavy (non-hydrogen) atoms. The molecule has 7 rings (SSSR count). The Morgan fingerprint density at radius 2 is 1.71 bits per heavy atom. The number of nitrogens with zero attached hydrogens (tertiary/aromatic N) is 1. The molecule has 5 fully saturated rings. The lowest BCUT2D eigenvalue weighted by molar-refractivity contribution is -0.161. The van der Waals surface area contributed by atoms with Gasteiger partial charge in [0.15, 0.2) is 11.5 Å². The number of halogens is 1. The van der Waals surface area contributed by atoms with Crippen LogP contribution >= 0.6 is 23.4 Å². The van der Waals surface area contributed by atoms with Gasteiger partial charge in [0.05, 0.1) is 34.6 Å². The maximum absolute atomic E-state index is 13.5. The number of carbonyl (C=O) groups excluding carboxylic acids is 5. The van der Waals surface area contributed by atoms with Gasteiger partial charge in [-0.2, -0.15) is 0 Å². The molecule has 4 bridgehead atoms. The minimum atomic E-state index is -0.639. The van der Waals surface area contributed by atoms with Gasteiger partial charge in [0.2, 0.25) is 5.91 Å². The molecule has 1 saturated heterocycles. The fourth-order valence-corrected chi connectivity index (χ4v) is 8.56. The van der Waals surface area contributed by atoms with Crippen LogP contribution in [0.1, 0.15) is 61.4 Å². The first-order valence-electron chi connectivity index (χ1n) is 15.0. The molecule has 0 aromatic heterocycles. The van der Waals surface area contributed by atoms with Gasteiger partial charge in [-0.1, -0.05) is 17.7 Å². The molecule has 1 N–H and O–H groups in total. The Morgan fingerprint density at radius 3 is 2.36 bits per heavy atom. The number of rotatable bonds is 9. The Morgan fingerprint density at radius 1 is 1.02 bits per heavy atom. The first-order chi connectivity index (χ1) is 21.6. The summed E-state index contributed by atoms with van der Waals surface area (Å²) in [6.07, 6.45) is 7.87. The number of benzene rings is 2. The highest BCUT2D eigenvalue weighted by molar-refractivity contribution is 8.18. The zero-order valence-electron chi connectivity index (χ0n) is 24.9. The van der Waals surface area contributed by atoms with Crippen LogP contribution in [0.4, 0.5) is 10.5 Å². The number of nitrogens with one attached hydrogen (secondary N) is 1. The Balaban J connectivity index is 1.11. The van der Waals surface area contributed by atoms with E-state index in [1.807, 2.05) is 0 Å². The van der Waals surface area contributed by atoms with Gasteiger partial charge in [-0.25, -0.2) is 4.79 Å². The SMILES string of the molecule is CCOC(=O)c1cc(NC(=O)CN2C(=O)S/C(=C\c3ccc(OC(=O)C45CC6CC(CC(C6)C4)C5)c(OC)c3)C2=O)ccc1Cl. The molecule has 2 aromatic carbocycles. The van der Waals surface area contributed by atoms with Crippen LogP contribution in [0.25, 0.3) is 6.08 Å². The highest BCUT2D eigenvalue weighted by atomic mass is 35.5. The van der Waals surface area contributed by atoms with Gasteiger partial charge in [0.1, 0.15) is 6.54 Å². The van der Waals surface area contributed by atoms with Crippen molar-refractivity contribution in [2.75, 3.05) is 25.6 Å². The zero-order chi connectivity index (χ0) is 31.9. The highest BCUT2D eigenvalue weighted by Gasteiger charge is 2.55. The molecular weight excluding hydrogens is 620 g/mol. The molecule has 10 nitrogen and oxygen atoms in total. The molecule has 1 heterocycles. The van der Waals surface area contributed by atoms with Crippen LogP contribution in [0, 0.1) is 23.2 Å². The second kappa shape index (κ2) is 12.5. The fraction of sp³-hybridized carbons (Fsp3) is 0.424. The summed E-state index contributed by atoms with van der Waals surface area (Å²) in [5.41, 5.74) is 0.477. The lowest BCUT2D eigenvalue weighted by atomic mass is 9.49. The van der Waals surface area contributed by atoms with Crippen molar-refractivity contribution in [3.05, 3.63) is 57.5 Å². The standard InChI is InChI=1S/C33H33ClN2O8S/c1-3-43-30(39)23-13-22(5-6-24(23)34)35-28(37)17-36-29(38)27(45-32(36)41)12-18-4-7-25(26(11-18)42-2)44-31(40)33-14-19-8-20(15-33)10-21(9-19)16-33/h4-7,11-13,19-21H,3,8-10,14-17H2,1-2H3,(H,35,37)/b27-12-. The molecule has 0 atom stereocenters. The quantitative estimate of drug-likeness (QED) is 0.188. The lowest BCUT2D eigenvalue weighted by Gasteiger charge is -2.55. The monoisotopic (exact) mass is 652 g/mol. The average Bonchev–Trinajstić information content (AvgIpc) is 3.25. The van der Waals surface area contributed by atoms with Crippen LogP contribution in [-0.2, 0) is 19.1 Å². The number of thioether (sulfide) groups is 1. The molecule has 4 aliphatic carbocycles. The number of esters is 2. The lowest BCUT2D eigenvalue weighted by Crippen LogP contribution is -2.51. The number of imide groups is 1. The van der Waals surface area contributed by atoms with Gasteiger partial charge >= 0.3 is 11.9 Å². The normalized spacial score (nSPS) is 25.9. The maximum Gasteiger partial charge on any atom is 0.339 e. The minimum Gasteiger partial charge on any atom is -0.493 e. The second-order valence-electron chi connectivity index (χ2n) is 12.2. The first-order valence-corrected chi connectivity index (χ1v) is 16.2. The van der Waals surface area contributed by atoms with E-state index in [0.717, 1.165) is 24.2 Å². The van der Waals surface area contributed by atoms with E-state index in [9.17, 15) is 24.0 Å². The third-order valence-electron chi connectivity index (χ3n) is 9.08. The van der Waals surface area contributed by atoms with Crippen LogP contribution in [0.15, 0.2) is 41.3 Å². The fourth-order valence-electron chi connectivity index (χ4n) is 7.53. The van der Waals surface area contributed by atoms with Gasteiger partial charge < -0.3 is 19.5 Å². The van der Waals surface area contributed by atoms with E-state index < -0.39 is 35.0 Å². The topological polar surface area (TPSA) is 128 Å². The molecule has 12 heteroatoms. The van der Waals surface area contributed by atoms with Crippen molar-refractivity contribution in [1.82, 2.24) is 4.90 Å². The van der Waals surface area contributed by atoms with Crippen molar-refractivity contribution in [2.45, 2.75) is 45.4 Å². The third-order valence-corrected chi connectivity index (χ3v) is 10.3. The van der Waals surface area contributed by atoms with Crippen LogP contribution in [0.5, 0.6) is 11.5 Å². The van der Waals surface area contributed by atoms with Gasteiger partial charge in [-0.15, -0.1) is 0 Å². The van der Waals surface area contributed by atoms with Crippen molar-refractivity contribution in [3.8, 4) is 11.5 Å². The molecule has 0 spiro atoms. The van der Waals surface area contributed by atoms with Crippen molar-refractivity contribution < 1.29 is 38.2 Å². The largest absolute Gasteiger partial charge is 0.493 e. The second-order valence-corrected chi connectivity index (χ2v) is 13.6. The van der Waals surface area contributed by atoms with E-state index >= 15 is 0 Å². The van der Waals surface area contributed by atoms with E-state index in [4.69, 9.17) is 25.8 Å². The highest BCUT2D eigenvalue weighted by Crippen LogP contribution is 2.60. The summed E-state index contributed by atoms with van der Waals surface area (Å²) in [5, 5.41) is 2.14. The zero-order valence-corrected chi connectivity index (χ0v) is 26.5. The molecule has 2 aromatic rings. The third kappa shape index (κ3) is 6.33. The number of carbonyl (C=O) groups is 5. The summed E-state index contributed by atoms with van der Waals surface area (Å²) in [4.78, 5) is 65.1. The number of hydrogen-bond donors (Lipinski definition) is 1. The van der Waals surface area contributed by atoms with Crippen molar-refractivity contribution in [3.63, 3.8) is 0 Å². The molecule has 236 valence electrons. The molecular formula is C33H33ClN2O8S. The van der Waals surface area contributed by atoms with Crippen molar-refractivity contribution in [2.24, 2.45) is 23.2 Å². The van der Waals surface area contributed by atoms with Gasteiger partial charge in [-0.3, -0.25) is 24.1 Å². The van der Waals surface area contributed by atoms with Crippen molar-refractivity contribution in [1.29, 1.82) is 0 Å². The van der Waals surface area contributed by atoms with E-state index in [-0.39, 0.29) is 33.8 Å². The summed E-state index contributed by atoms with van der Waals surface area (Å²) in [6.45, 7) is 1.29. The average molecular weight is 653 g/mol. The summed E-state index contributed by atoms with van der Waals surface area (Å²) >= 11 is 6.79. The summed E-state index contributed by atoms with van der Waals surface area (Å²) < 4.78 is 16.4. The molecule has 0 radical (unpaired) electrons. The summed E-state index contributed by atoms with van der Waals surface area (Å²) in [7, 11) is 1.48. The number of methoxy groups -OCH3 is 1. The Kier molecular flexibility index (Phi) is 8.67. The number of anilines is 1. The van der Waals surface area contributed by atoms with Crippen LogP contribution in [-0.4, -0.2) is 54.2 Å². The Bertz CT molecular complexity index is 1590. The van der Waals surface area contributed by atoms with E-state index in [1.54, 1.807) is 25.1 Å². The predicted molar refractivity (Wildman–Crippen MR) is 168 cm³/mol. The molecule has 4 saturated carbocycles. The predicted octanol–water partition coefficient (Wildman–Crippen LogP) is 6.32. The van der Waals surface area contributed by atoms with Crippen molar-refractivity contribution >= 4 is 64.1 Å². The van der Waals surface area contributed by atoms with Crippen LogP contribution < -0.4 is 14.8 Å². The van der Waals surface area contributed by atoms with Crippen LogP contribution in [0.2, 0.25) is 5.02 Å². The first kappa shape index (κ1) is 31.2. The van der Waals surface area contributed by atoms with E-state index in [1.165, 1.54) is 50.6 Å². The van der Waals surface area contributed by atoms with Gasteiger partial charge in [-0.05, 0) is 117 Å². The number of hydrogen-bond acceptors (Lipinski definition) is 9. The summed E-state index contributed by atoms with van der Waals surface area (Å²) in [6, 6.07) is 9.27. The molecule has 3 amide bonds. The number of ether oxygens (including phenoxy) is 3. The Labute approximate surface area is 269 Å². The smallest absolute Gasteiger partial charge is 0.339 e. The maximum atomic E-state index is 13.5.